The first kappa shape index (κ1) is 16.6. The number of hydrogen-bond donors (Lipinski definition) is 1. The average Bonchev–Trinajstić information content (AvgIpc) is 2.94. The Morgan fingerprint density at radius 1 is 1.35 bits per heavy atom. The number of carbonyl (C=O) groups excluding carboxylic acids is 1. The van der Waals surface area contributed by atoms with E-state index in [1.165, 1.54) is 11.1 Å². The van der Waals surface area contributed by atoms with E-state index in [4.69, 9.17) is 4.74 Å². The quantitative estimate of drug-likeness (QED) is 0.839. The van der Waals surface area contributed by atoms with Gasteiger partial charge in [-0.2, -0.15) is 0 Å². The summed E-state index contributed by atoms with van der Waals surface area (Å²) in [4.78, 5) is 15.9. The highest BCUT2D eigenvalue weighted by Crippen LogP contribution is 2.67. The molecule has 4 nitrogen and oxygen atoms in total. The molecule has 0 radical (unpaired) electrons. The van der Waals surface area contributed by atoms with Crippen LogP contribution in [0.1, 0.15) is 63.0 Å². The molecule has 1 aromatic carbocycles. The molecule has 1 saturated carbocycles. The lowest BCUT2D eigenvalue weighted by Gasteiger charge is -2.61. The van der Waals surface area contributed by atoms with Crippen molar-refractivity contribution in [2.24, 2.45) is 5.92 Å². The van der Waals surface area contributed by atoms with Gasteiger partial charge < -0.3 is 14.7 Å². The molecule has 2 aliphatic carbocycles. The Kier molecular flexibility index (Phi) is 3.50. The molecule has 1 saturated heterocycles. The molecule has 2 heterocycles. The van der Waals surface area contributed by atoms with Gasteiger partial charge in [-0.05, 0) is 63.2 Å². The molecule has 5 rings (SSSR count). The Morgan fingerprint density at radius 3 is 3.00 bits per heavy atom. The summed E-state index contributed by atoms with van der Waals surface area (Å²) < 4.78 is 6.57. The minimum Gasteiger partial charge on any atom is -0.504 e. The summed E-state index contributed by atoms with van der Waals surface area (Å²) in [5, 5.41) is 10.6. The molecular weight excluding hydrogens is 326 g/mol. The van der Waals surface area contributed by atoms with Crippen LogP contribution in [0.5, 0.6) is 11.5 Å². The molecular formula is C22H29NO3. The third kappa shape index (κ3) is 1.77. The van der Waals surface area contributed by atoms with E-state index in [0.29, 0.717) is 24.1 Å². The first-order valence-corrected chi connectivity index (χ1v) is 10.3. The van der Waals surface area contributed by atoms with Crippen molar-refractivity contribution < 1.29 is 14.6 Å². The second kappa shape index (κ2) is 5.48. The number of aromatic hydroxyl groups is 1. The number of carbonyl (C=O) groups is 1. The van der Waals surface area contributed by atoms with Gasteiger partial charge in [0, 0.05) is 18.0 Å². The molecule has 2 fully saturated rings. The van der Waals surface area contributed by atoms with Gasteiger partial charge in [0.05, 0.1) is 5.41 Å². The molecule has 140 valence electrons. The van der Waals surface area contributed by atoms with Crippen molar-refractivity contribution in [1.29, 1.82) is 0 Å². The lowest BCUT2D eigenvalue weighted by molar-refractivity contribution is -0.158. The van der Waals surface area contributed by atoms with Gasteiger partial charge in [0.15, 0.2) is 22.9 Å². The fraction of sp³-hybridized carbons (Fsp3) is 0.682. The number of rotatable bonds is 4. The average molecular weight is 355 g/mol. The van der Waals surface area contributed by atoms with E-state index >= 15 is 0 Å². The number of hydrogen-bond acceptors (Lipinski definition) is 4. The molecule has 2 bridgehead atoms. The number of phenolic OH excluding ortho intramolecular Hbond substituents is 1. The molecule has 0 aromatic heterocycles. The topological polar surface area (TPSA) is 49.8 Å². The number of ketones is 1. The van der Waals surface area contributed by atoms with Gasteiger partial charge in [-0.1, -0.05) is 25.8 Å². The van der Waals surface area contributed by atoms with Crippen LogP contribution in [0, 0.1) is 5.92 Å². The van der Waals surface area contributed by atoms with E-state index in [0.717, 1.165) is 51.5 Å². The van der Waals surface area contributed by atoms with Gasteiger partial charge in [0.1, 0.15) is 0 Å². The minimum absolute atomic E-state index is 0.214. The van der Waals surface area contributed by atoms with Gasteiger partial charge in [-0.15, -0.1) is 0 Å². The highest BCUT2D eigenvalue weighted by atomic mass is 16.5. The maximum atomic E-state index is 13.4. The third-order valence-electron chi connectivity index (χ3n) is 7.88. The first-order chi connectivity index (χ1) is 12.5. The standard InChI is InChI=1S/C22H29NO3/c1-3-4-5-10-22-18(25)9-7-15-16-13-14-6-8-17(24)20(26-22)19(14)21(15,22)11-12-23(16)2/h6,8,15-16,24H,3-5,7,9-13H2,1-2H3/t15-,16+,21-,22-/m0/s1. The maximum absolute atomic E-state index is 13.4. The molecule has 4 heteroatoms. The van der Waals surface area contributed by atoms with Crippen LogP contribution in [0.3, 0.4) is 0 Å². The van der Waals surface area contributed by atoms with Crippen molar-refractivity contribution in [1.82, 2.24) is 4.90 Å². The van der Waals surface area contributed by atoms with Gasteiger partial charge in [-0.25, -0.2) is 0 Å². The van der Waals surface area contributed by atoms with Gasteiger partial charge >= 0.3 is 0 Å². The number of benzene rings is 1. The summed E-state index contributed by atoms with van der Waals surface area (Å²) in [5.74, 6) is 1.57. The van der Waals surface area contributed by atoms with E-state index in [2.05, 4.69) is 24.9 Å². The molecule has 4 atom stereocenters. The normalized spacial score (nSPS) is 37.4. The number of unbranched alkanes of at least 4 members (excludes halogenated alkanes) is 2. The van der Waals surface area contributed by atoms with Crippen molar-refractivity contribution in [3.63, 3.8) is 0 Å². The SMILES string of the molecule is CCCCC[C@@]12Oc3c(O)ccc4c3[C@@]13CCN(C)[C@H](C4)[C@@H]3CCC2=O. The Balaban J connectivity index is 1.75. The zero-order valence-corrected chi connectivity index (χ0v) is 15.9. The second-order valence-corrected chi connectivity index (χ2v) is 8.88. The number of piperidine rings is 1. The lowest BCUT2D eigenvalue weighted by atomic mass is 9.46. The van der Waals surface area contributed by atoms with Gasteiger partial charge in [0.2, 0.25) is 0 Å². The third-order valence-corrected chi connectivity index (χ3v) is 7.88. The number of likely N-dealkylation sites (tertiary alicyclic amines) is 1. The Labute approximate surface area is 155 Å². The smallest absolute Gasteiger partial charge is 0.177 e. The monoisotopic (exact) mass is 355 g/mol. The van der Waals surface area contributed by atoms with Crippen molar-refractivity contribution >= 4 is 5.78 Å². The molecule has 26 heavy (non-hydrogen) atoms. The highest BCUT2D eigenvalue weighted by molar-refractivity contribution is 5.93. The maximum Gasteiger partial charge on any atom is 0.177 e. The summed E-state index contributed by atoms with van der Waals surface area (Å²) >= 11 is 0. The zero-order chi connectivity index (χ0) is 18.1. The second-order valence-electron chi connectivity index (χ2n) is 8.88. The summed E-state index contributed by atoms with van der Waals surface area (Å²) in [6.45, 7) is 3.20. The lowest BCUT2D eigenvalue weighted by Crippen LogP contribution is -2.71. The number of Topliss-reactive ketones (excluding diaryl/α,β-unsaturated/α-hetero) is 1. The van der Waals surface area contributed by atoms with Crippen LogP contribution >= 0.6 is 0 Å². The fourth-order valence-corrected chi connectivity index (χ4v) is 6.79. The van der Waals surface area contributed by atoms with Gasteiger partial charge in [-0.3, -0.25) is 4.79 Å². The van der Waals surface area contributed by atoms with Crippen molar-refractivity contribution in [3.8, 4) is 11.5 Å². The van der Waals surface area contributed by atoms with Crippen molar-refractivity contribution in [2.75, 3.05) is 13.6 Å². The van der Waals surface area contributed by atoms with Crippen LogP contribution in [0.2, 0.25) is 0 Å². The first-order valence-electron chi connectivity index (χ1n) is 10.3. The van der Waals surface area contributed by atoms with Crippen LogP contribution in [0.25, 0.3) is 0 Å². The molecule has 1 N–H and O–H groups in total. The number of phenols is 1. The molecule has 1 spiro atoms. The Bertz CT molecular complexity index is 775. The Hall–Kier alpha value is -1.55. The summed E-state index contributed by atoms with van der Waals surface area (Å²) in [7, 11) is 2.23. The van der Waals surface area contributed by atoms with Crippen LogP contribution in [-0.2, 0) is 16.6 Å². The summed E-state index contributed by atoms with van der Waals surface area (Å²) in [5.41, 5.74) is 1.50. The molecule has 0 amide bonds. The predicted octanol–water partition coefficient (Wildman–Crippen LogP) is 3.58. The number of ether oxygens (including phenoxy) is 1. The van der Waals surface area contributed by atoms with E-state index in [1.54, 1.807) is 6.07 Å². The molecule has 1 aromatic rings. The highest BCUT2D eigenvalue weighted by Gasteiger charge is 2.72. The molecule has 4 aliphatic rings. The number of likely N-dealkylation sites (N-methyl/N-ethyl adjacent to an activating group) is 1. The van der Waals surface area contributed by atoms with Crippen molar-refractivity contribution in [3.05, 3.63) is 23.3 Å². The van der Waals surface area contributed by atoms with Crippen molar-refractivity contribution in [2.45, 2.75) is 75.3 Å². The minimum atomic E-state index is -0.749. The predicted molar refractivity (Wildman–Crippen MR) is 99.8 cm³/mol. The zero-order valence-electron chi connectivity index (χ0n) is 15.9. The fourth-order valence-electron chi connectivity index (χ4n) is 6.79. The summed E-state index contributed by atoms with van der Waals surface area (Å²) in [6.07, 6.45) is 7.61. The largest absolute Gasteiger partial charge is 0.504 e. The summed E-state index contributed by atoms with van der Waals surface area (Å²) in [6, 6.07) is 4.32. The molecule has 0 unspecified atom stereocenters. The van der Waals surface area contributed by atoms with E-state index in [-0.39, 0.29) is 16.9 Å². The van der Waals surface area contributed by atoms with E-state index < -0.39 is 5.60 Å². The molecule has 2 aliphatic heterocycles. The van der Waals surface area contributed by atoms with Crippen LogP contribution < -0.4 is 4.74 Å². The van der Waals surface area contributed by atoms with Crippen LogP contribution in [0.4, 0.5) is 0 Å². The van der Waals surface area contributed by atoms with Gasteiger partial charge in [0.25, 0.3) is 0 Å². The van der Waals surface area contributed by atoms with Crippen LogP contribution in [-0.4, -0.2) is 41.0 Å². The Morgan fingerprint density at radius 2 is 2.19 bits per heavy atom. The number of nitrogens with zero attached hydrogens (tertiary/aromatic N) is 1. The van der Waals surface area contributed by atoms with E-state index in [1.807, 2.05) is 0 Å². The van der Waals surface area contributed by atoms with E-state index in [9.17, 15) is 9.90 Å². The van der Waals surface area contributed by atoms with Crippen LogP contribution in [0.15, 0.2) is 12.1 Å².